The Hall–Kier alpha value is -2.04. The van der Waals surface area contributed by atoms with Crippen molar-refractivity contribution in [3.05, 3.63) is 29.8 Å². The number of rotatable bonds is 6. The number of aliphatic imine (C=N–C) groups is 1. The van der Waals surface area contributed by atoms with Gasteiger partial charge in [-0.25, -0.2) is 0 Å². The van der Waals surface area contributed by atoms with Crippen LogP contribution in [-0.4, -0.2) is 31.0 Å². The predicted molar refractivity (Wildman–Crippen MR) is 91.1 cm³/mol. The topological polar surface area (TPSA) is 65.5 Å². The lowest BCUT2D eigenvalue weighted by Gasteiger charge is -2.10. The molecule has 5 nitrogen and oxygen atoms in total. The summed E-state index contributed by atoms with van der Waals surface area (Å²) in [5.74, 6) is 1.62. The van der Waals surface area contributed by atoms with Gasteiger partial charge in [0.2, 0.25) is 5.91 Å². The van der Waals surface area contributed by atoms with E-state index in [4.69, 9.17) is 0 Å². The Morgan fingerprint density at radius 1 is 1.32 bits per heavy atom. The second-order valence-electron chi connectivity index (χ2n) is 5.85. The van der Waals surface area contributed by atoms with Crippen LogP contribution in [-0.2, 0) is 11.2 Å². The quantitative estimate of drug-likeness (QED) is 0.557. The highest BCUT2D eigenvalue weighted by Crippen LogP contribution is 2.28. The smallest absolute Gasteiger partial charge is 0.221 e. The molecule has 3 N–H and O–H groups in total. The number of guanidine groups is 1. The molecule has 2 rings (SSSR count). The van der Waals surface area contributed by atoms with Crippen molar-refractivity contribution in [2.75, 3.05) is 18.4 Å². The van der Waals surface area contributed by atoms with Crippen LogP contribution in [0.3, 0.4) is 0 Å². The molecule has 1 saturated carbocycles. The van der Waals surface area contributed by atoms with Gasteiger partial charge in [-0.2, -0.15) is 0 Å². The molecule has 22 heavy (non-hydrogen) atoms. The number of benzene rings is 1. The third-order valence-corrected chi connectivity index (χ3v) is 3.72. The van der Waals surface area contributed by atoms with E-state index in [1.165, 1.54) is 18.9 Å². The summed E-state index contributed by atoms with van der Waals surface area (Å²) < 4.78 is 0. The number of carbonyl (C=O) groups excluding carboxylic acids is 1. The summed E-state index contributed by atoms with van der Waals surface area (Å²) in [5.41, 5.74) is 2.05. The molecule has 2 unspecified atom stereocenters. The first-order valence-electron chi connectivity index (χ1n) is 8.00. The minimum Gasteiger partial charge on any atom is -0.357 e. The van der Waals surface area contributed by atoms with Gasteiger partial charge < -0.3 is 16.0 Å². The van der Waals surface area contributed by atoms with Gasteiger partial charge in [0, 0.05) is 31.7 Å². The van der Waals surface area contributed by atoms with Gasteiger partial charge in [-0.1, -0.05) is 19.1 Å². The molecule has 1 aliphatic carbocycles. The van der Waals surface area contributed by atoms with Crippen molar-refractivity contribution in [1.29, 1.82) is 0 Å². The summed E-state index contributed by atoms with van der Waals surface area (Å²) in [5, 5.41) is 9.50. The third-order valence-electron chi connectivity index (χ3n) is 3.72. The van der Waals surface area contributed by atoms with Crippen LogP contribution >= 0.6 is 0 Å². The van der Waals surface area contributed by atoms with Crippen molar-refractivity contribution >= 4 is 17.6 Å². The maximum absolute atomic E-state index is 11.0. The van der Waals surface area contributed by atoms with Crippen LogP contribution in [0.5, 0.6) is 0 Å². The molecule has 0 saturated heterocycles. The van der Waals surface area contributed by atoms with E-state index < -0.39 is 0 Å². The molecule has 1 fully saturated rings. The maximum Gasteiger partial charge on any atom is 0.221 e. The second-order valence-corrected chi connectivity index (χ2v) is 5.85. The van der Waals surface area contributed by atoms with Crippen molar-refractivity contribution in [2.24, 2.45) is 10.9 Å². The standard InChI is InChI=1S/C17H26N4O/c1-4-18-17(21-16-11-12(16)2)19-10-9-14-5-7-15(8-6-14)20-13(3)22/h5-8,12,16H,4,9-11H2,1-3H3,(H,20,22)(H2,18,19,21). The fourth-order valence-corrected chi connectivity index (χ4v) is 2.27. The van der Waals surface area contributed by atoms with Crippen molar-refractivity contribution in [2.45, 2.75) is 39.7 Å². The summed E-state index contributed by atoms with van der Waals surface area (Å²) in [6.07, 6.45) is 2.12. The molecule has 0 aromatic heterocycles. The predicted octanol–water partition coefficient (Wildman–Crippen LogP) is 2.15. The summed E-state index contributed by atoms with van der Waals surface area (Å²) in [7, 11) is 0. The van der Waals surface area contributed by atoms with Gasteiger partial charge >= 0.3 is 0 Å². The summed E-state index contributed by atoms with van der Waals surface area (Å²) in [6, 6.07) is 8.49. The van der Waals surface area contributed by atoms with Crippen molar-refractivity contribution in [3.8, 4) is 0 Å². The van der Waals surface area contributed by atoms with E-state index in [0.29, 0.717) is 6.04 Å². The molecule has 0 radical (unpaired) electrons. The van der Waals surface area contributed by atoms with Gasteiger partial charge in [0.05, 0.1) is 0 Å². The zero-order chi connectivity index (χ0) is 15.9. The van der Waals surface area contributed by atoms with E-state index in [0.717, 1.165) is 37.1 Å². The Morgan fingerprint density at radius 3 is 2.55 bits per heavy atom. The monoisotopic (exact) mass is 302 g/mol. The lowest BCUT2D eigenvalue weighted by molar-refractivity contribution is -0.114. The van der Waals surface area contributed by atoms with Gasteiger partial charge in [0.25, 0.3) is 0 Å². The van der Waals surface area contributed by atoms with Gasteiger partial charge in [0.1, 0.15) is 0 Å². The van der Waals surface area contributed by atoms with Gasteiger partial charge in [-0.05, 0) is 43.4 Å². The summed E-state index contributed by atoms with van der Waals surface area (Å²) in [4.78, 5) is 15.6. The maximum atomic E-state index is 11.0. The molecular weight excluding hydrogens is 276 g/mol. The number of amides is 1. The van der Waals surface area contributed by atoms with E-state index in [-0.39, 0.29) is 5.91 Å². The highest BCUT2D eigenvalue weighted by Gasteiger charge is 2.33. The number of hydrogen-bond donors (Lipinski definition) is 3. The Kier molecular flexibility index (Phi) is 5.81. The highest BCUT2D eigenvalue weighted by atomic mass is 16.1. The molecule has 1 aromatic carbocycles. The number of nitrogens with one attached hydrogen (secondary N) is 3. The van der Waals surface area contributed by atoms with Gasteiger partial charge in [-0.15, -0.1) is 0 Å². The van der Waals surface area contributed by atoms with Crippen LogP contribution < -0.4 is 16.0 Å². The molecule has 0 heterocycles. The largest absolute Gasteiger partial charge is 0.357 e. The lowest BCUT2D eigenvalue weighted by Crippen LogP contribution is -2.39. The van der Waals surface area contributed by atoms with Crippen molar-refractivity contribution < 1.29 is 4.79 Å². The van der Waals surface area contributed by atoms with Crippen LogP contribution in [0.1, 0.15) is 32.8 Å². The molecule has 1 aliphatic rings. The highest BCUT2D eigenvalue weighted by molar-refractivity contribution is 5.88. The molecule has 1 aromatic rings. The first kappa shape index (κ1) is 16.3. The minimum absolute atomic E-state index is 0.0481. The van der Waals surface area contributed by atoms with E-state index in [9.17, 15) is 4.79 Å². The lowest BCUT2D eigenvalue weighted by atomic mass is 10.1. The molecule has 1 amide bonds. The average molecular weight is 302 g/mol. The van der Waals surface area contributed by atoms with E-state index in [1.54, 1.807) is 0 Å². The fraction of sp³-hybridized carbons (Fsp3) is 0.529. The van der Waals surface area contributed by atoms with E-state index >= 15 is 0 Å². The first-order valence-corrected chi connectivity index (χ1v) is 8.00. The van der Waals surface area contributed by atoms with Crippen LogP contribution in [0.25, 0.3) is 0 Å². The van der Waals surface area contributed by atoms with Gasteiger partial charge in [-0.3, -0.25) is 9.79 Å². The number of nitrogens with zero attached hydrogens (tertiary/aromatic N) is 1. The average Bonchev–Trinajstić information content (AvgIpc) is 3.15. The molecule has 120 valence electrons. The van der Waals surface area contributed by atoms with E-state index in [2.05, 4.69) is 34.8 Å². The Labute approximate surface area is 132 Å². The number of anilines is 1. The molecule has 0 spiro atoms. The number of carbonyl (C=O) groups is 1. The van der Waals surface area contributed by atoms with Gasteiger partial charge in [0.15, 0.2) is 5.96 Å². The fourth-order valence-electron chi connectivity index (χ4n) is 2.27. The van der Waals surface area contributed by atoms with Crippen molar-refractivity contribution in [3.63, 3.8) is 0 Å². The van der Waals surface area contributed by atoms with Crippen LogP contribution in [0.2, 0.25) is 0 Å². The Morgan fingerprint density at radius 2 is 2.00 bits per heavy atom. The summed E-state index contributed by atoms with van der Waals surface area (Å²) in [6.45, 7) is 7.46. The molecule has 0 aliphatic heterocycles. The SMILES string of the molecule is CCNC(=NCCc1ccc(NC(C)=O)cc1)NC1CC1C. The van der Waals surface area contributed by atoms with E-state index in [1.807, 2.05) is 24.3 Å². The second kappa shape index (κ2) is 7.82. The number of hydrogen-bond acceptors (Lipinski definition) is 2. The normalized spacial score (nSPS) is 20.4. The first-order chi connectivity index (χ1) is 10.6. The Balaban J connectivity index is 1.82. The molecular formula is C17H26N4O. The van der Waals surface area contributed by atoms with Crippen LogP contribution in [0.4, 0.5) is 5.69 Å². The summed E-state index contributed by atoms with van der Waals surface area (Å²) >= 11 is 0. The van der Waals surface area contributed by atoms with Crippen LogP contribution in [0.15, 0.2) is 29.3 Å². The van der Waals surface area contributed by atoms with Crippen molar-refractivity contribution in [1.82, 2.24) is 10.6 Å². The third kappa shape index (κ3) is 5.39. The Bertz CT molecular complexity index is 524. The molecule has 2 atom stereocenters. The molecule has 5 heteroatoms. The minimum atomic E-state index is -0.0481. The van der Waals surface area contributed by atoms with Crippen LogP contribution in [0, 0.1) is 5.92 Å². The molecule has 0 bridgehead atoms. The zero-order valence-corrected chi connectivity index (χ0v) is 13.6. The zero-order valence-electron chi connectivity index (χ0n) is 13.6.